The van der Waals surface area contributed by atoms with E-state index >= 15 is 0 Å². The molecule has 0 aliphatic rings. The summed E-state index contributed by atoms with van der Waals surface area (Å²) in [6, 6.07) is 3.92. The molecule has 14 heavy (non-hydrogen) atoms. The van der Waals surface area contributed by atoms with Gasteiger partial charge < -0.3 is 5.11 Å². The van der Waals surface area contributed by atoms with E-state index in [1.54, 1.807) is 18.0 Å². The number of pyridine rings is 1. The van der Waals surface area contributed by atoms with Crippen molar-refractivity contribution < 1.29 is 5.11 Å². The van der Waals surface area contributed by atoms with E-state index < -0.39 is 0 Å². The van der Waals surface area contributed by atoms with Gasteiger partial charge in [0.2, 0.25) is 0 Å². The predicted octanol–water partition coefficient (Wildman–Crippen LogP) is 3.10. The SMILES string of the molecule is OCCCCCSc1ncccc1Br. The highest BCUT2D eigenvalue weighted by molar-refractivity contribution is 9.10. The molecule has 0 unspecified atom stereocenters. The van der Waals surface area contributed by atoms with Gasteiger partial charge in [0.1, 0.15) is 5.03 Å². The number of nitrogens with zero attached hydrogens (tertiary/aromatic N) is 1. The van der Waals surface area contributed by atoms with Gasteiger partial charge in [0.15, 0.2) is 0 Å². The molecule has 1 heterocycles. The number of hydrogen-bond donors (Lipinski definition) is 1. The Balaban J connectivity index is 2.21. The lowest BCUT2D eigenvalue weighted by atomic mass is 10.3. The van der Waals surface area contributed by atoms with E-state index in [1.165, 1.54) is 0 Å². The molecule has 1 N–H and O–H groups in total. The van der Waals surface area contributed by atoms with Crippen molar-refractivity contribution in [2.24, 2.45) is 0 Å². The van der Waals surface area contributed by atoms with E-state index in [-0.39, 0.29) is 0 Å². The van der Waals surface area contributed by atoms with Crippen LogP contribution in [0, 0.1) is 0 Å². The molecule has 0 saturated carbocycles. The summed E-state index contributed by atoms with van der Waals surface area (Å²) in [5.41, 5.74) is 0. The highest BCUT2D eigenvalue weighted by Gasteiger charge is 1.99. The van der Waals surface area contributed by atoms with E-state index in [1.807, 2.05) is 12.1 Å². The highest BCUT2D eigenvalue weighted by Crippen LogP contribution is 2.25. The summed E-state index contributed by atoms with van der Waals surface area (Å²) in [4.78, 5) is 4.26. The van der Waals surface area contributed by atoms with Gasteiger partial charge in [-0.15, -0.1) is 11.8 Å². The van der Waals surface area contributed by atoms with Crippen LogP contribution in [-0.2, 0) is 0 Å². The number of aromatic nitrogens is 1. The number of unbranched alkanes of at least 4 members (excludes halogenated alkanes) is 2. The molecule has 0 fully saturated rings. The zero-order valence-corrected chi connectivity index (χ0v) is 10.4. The average Bonchev–Trinajstić information content (AvgIpc) is 2.20. The third-order valence-corrected chi connectivity index (χ3v) is 3.76. The molecule has 78 valence electrons. The smallest absolute Gasteiger partial charge is 0.110 e. The van der Waals surface area contributed by atoms with Crippen LogP contribution in [0.2, 0.25) is 0 Å². The lowest BCUT2D eigenvalue weighted by molar-refractivity contribution is 0.284. The van der Waals surface area contributed by atoms with Crippen LogP contribution >= 0.6 is 27.7 Å². The van der Waals surface area contributed by atoms with Crippen LogP contribution in [0.25, 0.3) is 0 Å². The van der Waals surface area contributed by atoms with Gasteiger partial charge in [-0.1, -0.05) is 6.42 Å². The second-order valence-corrected chi connectivity index (χ2v) is 4.86. The first-order chi connectivity index (χ1) is 6.84. The maximum Gasteiger partial charge on any atom is 0.110 e. The zero-order chi connectivity index (χ0) is 10.2. The standard InChI is InChI=1S/C10H14BrNOS/c11-9-5-4-6-12-10(9)14-8-3-1-2-7-13/h4-6,13H,1-3,7-8H2. The van der Waals surface area contributed by atoms with Gasteiger partial charge in [-0.05, 0) is 46.7 Å². The van der Waals surface area contributed by atoms with Gasteiger partial charge in [-0.25, -0.2) is 4.98 Å². The van der Waals surface area contributed by atoms with Gasteiger partial charge in [-0.3, -0.25) is 0 Å². The van der Waals surface area contributed by atoms with E-state index in [0.29, 0.717) is 6.61 Å². The van der Waals surface area contributed by atoms with E-state index in [0.717, 1.165) is 34.5 Å². The zero-order valence-electron chi connectivity index (χ0n) is 7.95. The summed E-state index contributed by atoms with van der Waals surface area (Å²) >= 11 is 5.21. The number of halogens is 1. The van der Waals surface area contributed by atoms with Crippen LogP contribution in [-0.4, -0.2) is 22.5 Å². The van der Waals surface area contributed by atoms with Gasteiger partial charge in [0, 0.05) is 17.3 Å². The minimum absolute atomic E-state index is 0.304. The Morgan fingerprint density at radius 3 is 2.93 bits per heavy atom. The number of aliphatic hydroxyl groups is 1. The molecule has 1 aromatic rings. The molecule has 0 bridgehead atoms. The van der Waals surface area contributed by atoms with Crippen molar-refractivity contribution in [3.63, 3.8) is 0 Å². The summed E-state index contributed by atoms with van der Waals surface area (Å²) in [7, 11) is 0. The molecule has 0 amide bonds. The third kappa shape index (κ3) is 4.44. The third-order valence-electron chi connectivity index (χ3n) is 1.77. The fourth-order valence-corrected chi connectivity index (χ4v) is 2.52. The first kappa shape index (κ1) is 12.0. The molecule has 4 heteroatoms. The molecular weight excluding hydrogens is 262 g/mol. The van der Waals surface area contributed by atoms with Gasteiger partial charge >= 0.3 is 0 Å². The van der Waals surface area contributed by atoms with Crippen LogP contribution in [0.1, 0.15) is 19.3 Å². The van der Waals surface area contributed by atoms with Crippen molar-refractivity contribution in [1.82, 2.24) is 4.98 Å². The minimum Gasteiger partial charge on any atom is -0.396 e. The molecule has 0 atom stereocenters. The predicted molar refractivity (Wildman–Crippen MR) is 63.6 cm³/mol. The van der Waals surface area contributed by atoms with Crippen LogP contribution in [0.5, 0.6) is 0 Å². The molecule has 1 rings (SSSR count). The minimum atomic E-state index is 0.304. The monoisotopic (exact) mass is 275 g/mol. The molecule has 0 radical (unpaired) electrons. The Hall–Kier alpha value is -0.0600. The summed E-state index contributed by atoms with van der Waals surface area (Å²) in [6.45, 7) is 0.304. The van der Waals surface area contributed by atoms with Gasteiger partial charge in [0.25, 0.3) is 0 Å². The summed E-state index contributed by atoms with van der Waals surface area (Å²) in [5.74, 6) is 1.07. The van der Waals surface area contributed by atoms with E-state index in [2.05, 4.69) is 20.9 Å². The lowest BCUT2D eigenvalue weighted by Gasteiger charge is -2.02. The quantitative estimate of drug-likeness (QED) is 0.640. The Labute approximate surface area is 97.3 Å². The second-order valence-electron chi connectivity index (χ2n) is 2.92. The number of hydrogen-bond acceptors (Lipinski definition) is 3. The van der Waals surface area contributed by atoms with Gasteiger partial charge in [-0.2, -0.15) is 0 Å². The van der Waals surface area contributed by atoms with E-state index in [9.17, 15) is 0 Å². The Bertz CT molecular complexity index is 270. The fourth-order valence-electron chi connectivity index (χ4n) is 1.04. The van der Waals surface area contributed by atoms with Crippen LogP contribution in [0.4, 0.5) is 0 Å². The molecule has 0 aromatic carbocycles. The molecule has 0 aliphatic carbocycles. The topological polar surface area (TPSA) is 33.1 Å². The highest BCUT2D eigenvalue weighted by atomic mass is 79.9. The van der Waals surface area contributed by atoms with Crippen molar-refractivity contribution in [3.8, 4) is 0 Å². The maximum absolute atomic E-state index is 8.60. The van der Waals surface area contributed by atoms with Gasteiger partial charge in [0.05, 0.1) is 0 Å². The molecule has 0 saturated heterocycles. The molecule has 0 spiro atoms. The lowest BCUT2D eigenvalue weighted by Crippen LogP contribution is -1.87. The Kier molecular flexibility index (Phi) is 6.23. The van der Waals surface area contributed by atoms with Crippen LogP contribution in [0.3, 0.4) is 0 Å². The molecule has 2 nitrogen and oxygen atoms in total. The summed E-state index contributed by atoms with van der Waals surface area (Å²) < 4.78 is 1.06. The largest absolute Gasteiger partial charge is 0.396 e. The molecular formula is C10H14BrNOS. The van der Waals surface area contributed by atoms with Crippen molar-refractivity contribution in [1.29, 1.82) is 0 Å². The van der Waals surface area contributed by atoms with Crippen molar-refractivity contribution in [2.45, 2.75) is 24.3 Å². The van der Waals surface area contributed by atoms with Crippen molar-refractivity contribution >= 4 is 27.7 Å². The summed E-state index contributed by atoms with van der Waals surface area (Å²) in [6.07, 6.45) is 4.94. The Morgan fingerprint density at radius 2 is 2.21 bits per heavy atom. The maximum atomic E-state index is 8.60. The van der Waals surface area contributed by atoms with Crippen molar-refractivity contribution in [2.75, 3.05) is 12.4 Å². The van der Waals surface area contributed by atoms with E-state index in [4.69, 9.17) is 5.11 Å². The normalized spacial score (nSPS) is 10.4. The summed E-state index contributed by atoms with van der Waals surface area (Å²) in [5, 5.41) is 9.65. The molecule has 1 aromatic heterocycles. The van der Waals surface area contributed by atoms with Crippen molar-refractivity contribution in [3.05, 3.63) is 22.8 Å². The second kappa shape index (κ2) is 7.26. The Morgan fingerprint density at radius 1 is 1.36 bits per heavy atom. The van der Waals surface area contributed by atoms with Crippen LogP contribution in [0.15, 0.2) is 27.8 Å². The average molecular weight is 276 g/mol. The first-order valence-corrected chi connectivity index (χ1v) is 6.46. The first-order valence-electron chi connectivity index (χ1n) is 4.69. The number of thioether (sulfide) groups is 1. The molecule has 0 aliphatic heterocycles. The fraction of sp³-hybridized carbons (Fsp3) is 0.500. The van der Waals surface area contributed by atoms with Crippen LogP contribution < -0.4 is 0 Å². The number of rotatable bonds is 6. The number of aliphatic hydroxyl groups excluding tert-OH is 1.